The van der Waals surface area contributed by atoms with E-state index in [-0.39, 0.29) is 24.2 Å². The van der Waals surface area contributed by atoms with Gasteiger partial charge in [0.1, 0.15) is 11.9 Å². The Balaban J connectivity index is 1.81. The maximum absolute atomic E-state index is 13.2. The summed E-state index contributed by atoms with van der Waals surface area (Å²) in [5, 5.41) is 28.1. The lowest BCUT2D eigenvalue weighted by molar-refractivity contribution is -0.154. The predicted octanol–water partition coefficient (Wildman–Crippen LogP) is 3.66. The number of aryl methyl sites for hydroxylation is 1. The van der Waals surface area contributed by atoms with Crippen molar-refractivity contribution in [3.05, 3.63) is 21.7 Å². The molecule has 0 radical (unpaired) electrons. The van der Waals surface area contributed by atoms with E-state index in [0.29, 0.717) is 12.5 Å². The fourth-order valence-corrected chi connectivity index (χ4v) is 5.49. The van der Waals surface area contributed by atoms with Gasteiger partial charge in [-0.15, -0.1) is 11.3 Å². The minimum Gasteiger partial charge on any atom is -0.458 e. The summed E-state index contributed by atoms with van der Waals surface area (Å²) in [4.78, 5) is 30.5. The molecular formula is C26H40N2O5S. The number of thiazole rings is 1. The number of carbonyl (C=O) groups is 2. The van der Waals surface area contributed by atoms with Crippen LogP contribution in [-0.4, -0.2) is 57.3 Å². The quantitative estimate of drug-likeness (QED) is 0.426. The number of ether oxygens (including phenoxy) is 1. The highest BCUT2D eigenvalue weighted by Crippen LogP contribution is 2.33. The maximum atomic E-state index is 13.2. The molecule has 7 atom stereocenters. The number of nitrogens with zero attached hydrogens (tertiary/aromatic N) is 1. The largest absolute Gasteiger partial charge is 0.458 e. The van der Waals surface area contributed by atoms with Crippen LogP contribution in [0.2, 0.25) is 0 Å². The topological polar surface area (TPSA) is 119 Å². The monoisotopic (exact) mass is 492 g/mol. The van der Waals surface area contributed by atoms with Crippen molar-refractivity contribution in [3.63, 3.8) is 0 Å². The summed E-state index contributed by atoms with van der Waals surface area (Å²) in [6.07, 6.45) is 2.64. The van der Waals surface area contributed by atoms with Crippen LogP contribution in [0.15, 0.2) is 11.0 Å². The van der Waals surface area contributed by atoms with Crippen LogP contribution < -0.4 is 5.32 Å². The molecule has 0 bridgehead atoms. The first-order chi connectivity index (χ1) is 15.9. The minimum absolute atomic E-state index is 0.0264. The number of aromatic nitrogens is 1. The Labute approximate surface area is 207 Å². The number of hydrogen-bond donors (Lipinski definition) is 3. The highest BCUT2D eigenvalue weighted by molar-refractivity contribution is 7.09. The molecular weight excluding hydrogens is 452 g/mol. The number of aliphatic hydroxyl groups excluding tert-OH is 2. The van der Waals surface area contributed by atoms with Crippen molar-refractivity contribution in [1.82, 2.24) is 10.3 Å². The van der Waals surface area contributed by atoms with Gasteiger partial charge in [0.15, 0.2) is 0 Å². The molecule has 2 fully saturated rings. The Kier molecular flexibility index (Phi) is 8.71. The summed E-state index contributed by atoms with van der Waals surface area (Å²) in [6, 6.07) is 0.615. The molecule has 1 aromatic rings. The molecule has 3 N–H and O–H groups in total. The van der Waals surface area contributed by atoms with Crippen LogP contribution in [0.1, 0.15) is 77.4 Å². The Hall–Kier alpha value is -1.61. The lowest BCUT2D eigenvalue weighted by Gasteiger charge is -2.34. The second-order valence-electron chi connectivity index (χ2n) is 10.8. The SMILES string of the molecule is C/C(=C\c1csc(C)n1)[C@@H]1C[C@@H]2N[C@@H]2CCCC(C)[C@H](O)[C@@H](C)C(=O)C(C)(C)[C@@H](O)CC(=O)O1. The molecule has 2 aliphatic heterocycles. The summed E-state index contributed by atoms with van der Waals surface area (Å²) in [5.74, 6) is -1.43. The van der Waals surface area contributed by atoms with Gasteiger partial charge in [0.2, 0.25) is 0 Å². The molecule has 2 aliphatic rings. The summed E-state index contributed by atoms with van der Waals surface area (Å²) < 4.78 is 5.86. The molecule has 0 amide bonds. The molecule has 3 rings (SSSR count). The fourth-order valence-electron chi connectivity index (χ4n) is 4.92. The van der Waals surface area contributed by atoms with E-state index in [9.17, 15) is 19.8 Å². The van der Waals surface area contributed by atoms with Crippen molar-refractivity contribution in [2.24, 2.45) is 17.3 Å². The van der Waals surface area contributed by atoms with Crippen LogP contribution in [0.25, 0.3) is 6.08 Å². The molecule has 0 saturated carbocycles. The van der Waals surface area contributed by atoms with Crippen molar-refractivity contribution in [2.75, 3.05) is 0 Å². The van der Waals surface area contributed by atoms with E-state index in [2.05, 4.69) is 10.3 Å². The van der Waals surface area contributed by atoms with Crippen molar-refractivity contribution in [1.29, 1.82) is 0 Å². The van der Waals surface area contributed by atoms with Gasteiger partial charge < -0.3 is 20.3 Å². The third kappa shape index (κ3) is 6.53. The zero-order valence-electron chi connectivity index (χ0n) is 21.2. The molecule has 0 aromatic carbocycles. The third-order valence-electron chi connectivity index (χ3n) is 7.58. The van der Waals surface area contributed by atoms with E-state index in [1.54, 1.807) is 32.1 Å². The molecule has 0 spiro atoms. The zero-order valence-corrected chi connectivity index (χ0v) is 22.0. The van der Waals surface area contributed by atoms with Crippen molar-refractivity contribution in [3.8, 4) is 0 Å². The van der Waals surface area contributed by atoms with Gasteiger partial charge in [-0.05, 0) is 44.3 Å². The number of Topliss-reactive ketones (excluding diaryl/α,β-unsaturated/α-hetero) is 1. The van der Waals surface area contributed by atoms with E-state index in [4.69, 9.17) is 4.74 Å². The van der Waals surface area contributed by atoms with Crippen molar-refractivity contribution in [2.45, 2.75) is 104 Å². The van der Waals surface area contributed by atoms with Crippen LogP contribution in [0.3, 0.4) is 0 Å². The lowest BCUT2D eigenvalue weighted by atomic mass is 9.73. The van der Waals surface area contributed by atoms with Crippen molar-refractivity contribution < 1.29 is 24.5 Å². The van der Waals surface area contributed by atoms with Crippen LogP contribution in [0, 0.1) is 24.2 Å². The Morgan fingerprint density at radius 2 is 1.94 bits per heavy atom. The van der Waals surface area contributed by atoms with Gasteiger partial charge in [-0.1, -0.05) is 34.1 Å². The Bertz CT molecular complexity index is 911. The van der Waals surface area contributed by atoms with Gasteiger partial charge in [-0.25, -0.2) is 4.98 Å². The van der Waals surface area contributed by atoms with Crippen LogP contribution in [-0.2, 0) is 14.3 Å². The molecule has 3 heterocycles. The molecule has 34 heavy (non-hydrogen) atoms. The number of cyclic esters (lactones) is 1. The number of rotatable bonds is 2. The van der Waals surface area contributed by atoms with Crippen LogP contribution >= 0.6 is 11.3 Å². The van der Waals surface area contributed by atoms with Gasteiger partial charge in [0.05, 0.1) is 34.7 Å². The van der Waals surface area contributed by atoms with E-state index >= 15 is 0 Å². The Morgan fingerprint density at radius 3 is 2.59 bits per heavy atom. The number of fused-ring (bicyclic) bond motifs is 1. The number of nitrogens with one attached hydrogen (secondary N) is 1. The van der Waals surface area contributed by atoms with Crippen LogP contribution in [0.5, 0.6) is 0 Å². The summed E-state index contributed by atoms with van der Waals surface area (Å²) >= 11 is 1.57. The highest BCUT2D eigenvalue weighted by atomic mass is 32.1. The number of aliphatic hydroxyl groups is 2. The van der Waals surface area contributed by atoms with E-state index in [1.165, 1.54) is 0 Å². The summed E-state index contributed by atoms with van der Waals surface area (Å²) in [7, 11) is 0. The molecule has 7 nitrogen and oxygen atoms in total. The Morgan fingerprint density at radius 1 is 1.24 bits per heavy atom. The standard InChI is InChI=1S/C26H40N2O5S/c1-14-8-7-9-19-20(28-19)11-21(15(2)10-18-13-34-17(4)27-18)33-23(30)12-22(29)26(5,6)25(32)16(3)24(14)31/h10,13-14,16,19-22,24,28-29,31H,7-9,11-12H2,1-6H3/b15-10+/t14?,16-,19-,20+,21+,22+,24+/m1/s1. The minimum atomic E-state index is -1.21. The van der Waals surface area contributed by atoms with Crippen molar-refractivity contribution >= 4 is 29.2 Å². The average Bonchev–Trinajstić information content (AvgIpc) is 3.38. The highest BCUT2D eigenvalue weighted by Gasteiger charge is 2.43. The molecule has 190 valence electrons. The first kappa shape index (κ1) is 27.0. The number of hydrogen-bond acceptors (Lipinski definition) is 8. The zero-order chi connectivity index (χ0) is 25.2. The van der Waals surface area contributed by atoms with E-state index < -0.39 is 35.6 Å². The fraction of sp³-hybridized carbons (Fsp3) is 0.731. The summed E-state index contributed by atoms with van der Waals surface area (Å²) in [6.45, 7) is 10.8. The number of ketones is 1. The van der Waals surface area contributed by atoms with E-state index in [1.807, 2.05) is 32.2 Å². The number of esters is 1. The smallest absolute Gasteiger partial charge is 0.309 e. The van der Waals surface area contributed by atoms with Gasteiger partial charge in [0, 0.05) is 29.8 Å². The molecule has 1 unspecified atom stereocenters. The normalized spacial score (nSPS) is 36.0. The molecule has 8 heteroatoms. The van der Waals surface area contributed by atoms with Crippen LogP contribution in [0.4, 0.5) is 0 Å². The molecule has 1 aromatic heterocycles. The first-order valence-corrected chi connectivity index (χ1v) is 13.2. The predicted molar refractivity (Wildman–Crippen MR) is 133 cm³/mol. The molecule has 0 aliphatic carbocycles. The second kappa shape index (κ2) is 11.0. The maximum Gasteiger partial charge on any atom is 0.309 e. The third-order valence-corrected chi connectivity index (χ3v) is 8.37. The average molecular weight is 493 g/mol. The lowest BCUT2D eigenvalue weighted by Crippen LogP contribution is -2.45. The first-order valence-electron chi connectivity index (χ1n) is 12.4. The molecule has 2 saturated heterocycles. The summed E-state index contributed by atoms with van der Waals surface area (Å²) in [5.41, 5.74) is 0.567. The second-order valence-corrected chi connectivity index (χ2v) is 11.8. The van der Waals surface area contributed by atoms with Gasteiger partial charge in [0.25, 0.3) is 0 Å². The van der Waals surface area contributed by atoms with Gasteiger partial charge >= 0.3 is 5.97 Å². The number of carbonyl (C=O) groups excluding carboxylic acids is 2. The van der Waals surface area contributed by atoms with Gasteiger partial charge in [-0.2, -0.15) is 0 Å². The van der Waals surface area contributed by atoms with E-state index in [0.717, 1.165) is 35.5 Å². The van der Waals surface area contributed by atoms with Gasteiger partial charge in [-0.3, -0.25) is 9.59 Å².